The molecular weight excluding hydrogens is 374 g/mol. The summed E-state index contributed by atoms with van der Waals surface area (Å²) in [4.78, 5) is 9.20. The van der Waals surface area contributed by atoms with E-state index in [0.29, 0.717) is 0 Å². The van der Waals surface area contributed by atoms with E-state index in [-0.39, 0.29) is 0 Å². The van der Waals surface area contributed by atoms with Crippen molar-refractivity contribution in [3.05, 3.63) is 71.4 Å². The van der Waals surface area contributed by atoms with Gasteiger partial charge in [0.2, 0.25) is 0 Å². The van der Waals surface area contributed by atoms with Crippen molar-refractivity contribution in [2.75, 3.05) is 13.7 Å². The molecule has 0 spiro atoms. The zero-order chi connectivity index (χ0) is 20.9. The lowest BCUT2D eigenvalue weighted by Crippen LogP contribution is -1.98. The van der Waals surface area contributed by atoms with E-state index < -0.39 is 0 Å². The molecule has 3 heterocycles. The van der Waals surface area contributed by atoms with Crippen LogP contribution in [0.2, 0.25) is 0 Å². The third-order valence-electron chi connectivity index (χ3n) is 5.23. The smallest absolute Gasteiger partial charge is 0.0948 e. The average molecular weight is 399 g/mol. The number of ether oxygens (including phenoxy) is 1. The molecule has 0 saturated heterocycles. The van der Waals surface area contributed by atoms with Gasteiger partial charge in [0.1, 0.15) is 0 Å². The lowest BCUT2D eigenvalue weighted by molar-refractivity contribution is 0.195. The maximum atomic E-state index is 5.23. The molecule has 3 aromatic heterocycles. The van der Waals surface area contributed by atoms with Gasteiger partial charge in [-0.05, 0) is 66.3 Å². The number of hydrogen-bond donors (Lipinski definition) is 0. The van der Waals surface area contributed by atoms with Crippen molar-refractivity contribution in [3.63, 3.8) is 0 Å². The van der Waals surface area contributed by atoms with E-state index in [2.05, 4.69) is 52.5 Å². The summed E-state index contributed by atoms with van der Waals surface area (Å²) in [5.41, 5.74) is 7.57. The SMILES string of the molecule is COCCCc1cc2c(/C=C/c3ccnnc3)cc(-c3cncn3C)nc2cc1C. The number of fused-ring (bicyclic) bond motifs is 1. The first kappa shape index (κ1) is 19.9. The summed E-state index contributed by atoms with van der Waals surface area (Å²) in [5, 5.41) is 8.95. The normalized spacial score (nSPS) is 11.6. The molecule has 30 heavy (non-hydrogen) atoms. The average Bonchev–Trinajstić information content (AvgIpc) is 3.19. The van der Waals surface area contributed by atoms with E-state index >= 15 is 0 Å². The fourth-order valence-electron chi connectivity index (χ4n) is 3.58. The Balaban J connectivity index is 1.84. The molecule has 0 saturated carbocycles. The van der Waals surface area contributed by atoms with Crippen LogP contribution in [0.15, 0.2) is 49.2 Å². The molecule has 0 bridgehead atoms. The van der Waals surface area contributed by atoms with Crippen molar-refractivity contribution in [1.29, 1.82) is 0 Å². The van der Waals surface area contributed by atoms with Crippen molar-refractivity contribution < 1.29 is 4.74 Å². The molecular formula is C24H25N5O. The van der Waals surface area contributed by atoms with E-state index in [1.165, 1.54) is 11.1 Å². The fraction of sp³-hybridized carbons (Fsp3) is 0.250. The van der Waals surface area contributed by atoms with Gasteiger partial charge in [0.05, 0.1) is 41.8 Å². The van der Waals surface area contributed by atoms with Gasteiger partial charge in [0.15, 0.2) is 0 Å². The zero-order valence-corrected chi connectivity index (χ0v) is 17.5. The topological polar surface area (TPSA) is 65.7 Å². The highest BCUT2D eigenvalue weighted by molar-refractivity contribution is 5.93. The Morgan fingerprint density at radius 3 is 2.73 bits per heavy atom. The molecule has 152 valence electrons. The van der Waals surface area contributed by atoms with Crippen molar-refractivity contribution in [1.82, 2.24) is 24.7 Å². The van der Waals surface area contributed by atoms with Crippen molar-refractivity contribution in [3.8, 4) is 11.4 Å². The van der Waals surface area contributed by atoms with Gasteiger partial charge in [0.25, 0.3) is 0 Å². The maximum absolute atomic E-state index is 5.23. The van der Waals surface area contributed by atoms with Crippen LogP contribution in [0.25, 0.3) is 34.4 Å². The molecule has 6 nitrogen and oxygen atoms in total. The van der Waals surface area contributed by atoms with Crippen LogP contribution in [-0.4, -0.2) is 38.4 Å². The molecule has 4 rings (SSSR count). The molecule has 0 aliphatic heterocycles. The molecule has 0 unspecified atom stereocenters. The Morgan fingerprint density at radius 1 is 1.10 bits per heavy atom. The Labute approximate surface area is 176 Å². The van der Waals surface area contributed by atoms with Crippen LogP contribution in [0.3, 0.4) is 0 Å². The van der Waals surface area contributed by atoms with Gasteiger partial charge >= 0.3 is 0 Å². The molecule has 0 amide bonds. The summed E-state index contributed by atoms with van der Waals surface area (Å²) in [6.45, 7) is 2.91. The number of hydrogen-bond acceptors (Lipinski definition) is 5. The number of aromatic nitrogens is 5. The number of methoxy groups -OCH3 is 1. The van der Waals surface area contributed by atoms with Crippen LogP contribution < -0.4 is 0 Å². The minimum absolute atomic E-state index is 0.761. The van der Waals surface area contributed by atoms with Gasteiger partial charge in [-0.25, -0.2) is 9.97 Å². The monoisotopic (exact) mass is 399 g/mol. The minimum atomic E-state index is 0.761. The Kier molecular flexibility index (Phi) is 5.95. The van der Waals surface area contributed by atoms with E-state index in [1.807, 2.05) is 23.9 Å². The summed E-state index contributed by atoms with van der Waals surface area (Å²) >= 11 is 0. The molecule has 4 aromatic rings. The Hall–Kier alpha value is -3.38. The molecule has 0 aliphatic carbocycles. The van der Waals surface area contributed by atoms with Crippen LogP contribution in [0.5, 0.6) is 0 Å². The molecule has 6 heteroatoms. The number of nitrogens with zero attached hydrogens (tertiary/aromatic N) is 5. The van der Waals surface area contributed by atoms with Crippen molar-refractivity contribution in [2.45, 2.75) is 19.8 Å². The van der Waals surface area contributed by atoms with E-state index in [1.54, 1.807) is 25.8 Å². The van der Waals surface area contributed by atoms with Gasteiger partial charge in [-0.15, -0.1) is 0 Å². The Bertz CT molecular complexity index is 1180. The minimum Gasteiger partial charge on any atom is -0.385 e. The lowest BCUT2D eigenvalue weighted by Gasteiger charge is -2.12. The molecule has 0 aliphatic rings. The standard InChI is InChI=1S/C24H25N5O/c1-17-11-22-21(12-19(17)5-4-10-30-3)20(7-6-18-8-9-26-27-14-18)13-23(28-22)24-15-25-16-29(24)2/h6-9,11-16H,4-5,10H2,1-3H3/b7-6+. The number of imidazole rings is 1. The van der Waals surface area contributed by atoms with Crippen LogP contribution in [0, 0.1) is 6.92 Å². The first-order chi connectivity index (χ1) is 14.7. The van der Waals surface area contributed by atoms with Crippen LogP contribution in [-0.2, 0) is 18.2 Å². The van der Waals surface area contributed by atoms with Gasteiger partial charge in [-0.2, -0.15) is 10.2 Å². The third-order valence-corrected chi connectivity index (χ3v) is 5.23. The third kappa shape index (κ3) is 4.28. The number of benzene rings is 1. The number of rotatable bonds is 7. The summed E-state index contributed by atoms with van der Waals surface area (Å²) in [5.74, 6) is 0. The Morgan fingerprint density at radius 2 is 2.00 bits per heavy atom. The second kappa shape index (κ2) is 8.97. The highest BCUT2D eigenvalue weighted by Gasteiger charge is 2.11. The van der Waals surface area contributed by atoms with Crippen LogP contribution in [0.1, 0.15) is 28.7 Å². The predicted octanol–water partition coefficient (Wildman–Crippen LogP) is 4.48. The van der Waals surface area contributed by atoms with Crippen molar-refractivity contribution in [2.24, 2.45) is 7.05 Å². The van der Waals surface area contributed by atoms with Gasteiger partial charge in [-0.1, -0.05) is 12.2 Å². The summed E-state index contributed by atoms with van der Waals surface area (Å²) in [7, 11) is 3.73. The van der Waals surface area contributed by atoms with Crippen molar-refractivity contribution >= 4 is 23.1 Å². The molecule has 0 atom stereocenters. The van der Waals surface area contributed by atoms with Gasteiger partial charge < -0.3 is 9.30 Å². The molecule has 1 aromatic carbocycles. The summed E-state index contributed by atoms with van der Waals surface area (Å²) in [6.07, 6.45) is 13.2. The zero-order valence-electron chi connectivity index (χ0n) is 17.5. The molecule has 0 N–H and O–H groups in total. The first-order valence-corrected chi connectivity index (χ1v) is 10.0. The molecule has 0 radical (unpaired) electrons. The van der Waals surface area contributed by atoms with Gasteiger partial charge in [-0.3, -0.25) is 0 Å². The van der Waals surface area contributed by atoms with Crippen LogP contribution >= 0.6 is 0 Å². The first-order valence-electron chi connectivity index (χ1n) is 10.0. The second-order valence-corrected chi connectivity index (χ2v) is 7.39. The largest absolute Gasteiger partial charge is 0.385 e. The fourth-order valence-corrected chi connectivity index (χ4v) is 3.58. The summed E-state index contributed by atoms with van der Waals surface area (Å²) in [6, 6.07) is 8.52. The highest BCUT2D eigenvalue weighted by atomic mass is 16.5. The van der Waals surface area contributed by atoms with E-state index in [9.17, 15) is 0 Å². The number of pyridine rings is 1. The quantitative estimate of drug-likeness (QED) is 0.429. The maximum Gasteiger partial charge on any atom is 0.0948 e. The lowest BCUT2D eigenvalue weighted by atomic mass is 9.97. The second-order valence-electron chi connectivity index (χ2n) is 7.39. The van der Waals surface area contributed by atoms with Gasteiger partial charge in [0, 0.05) is 26.2 Å². The van der Waals surface area contributed by atoms with E-state index in [4.69, 9.17) is 9.72 Å². The number of aryl methyl sites for hydroxylation is 3. The molecule has 0 fully saturated rings. The van der Waals surface area contributed by atoms with Crippen LogP contribution in [0.4, 0.5) is 0 Å². The summed E-state index contributed by atoms with van der Waals surface area (Å²) < 4.78 is 7.21. The highest BCUT2D eigenvalue weighted by Crippen LogP contribution is 2.29. The predicted molar refractivity (Wildman–Crippen MR) is 120 cm³/mol. The van der Waals surface area contributed by atoms with E-state index in [0.717, 1.165) is 52.9 Å².